The van der Waals surface area contributed by atoms with Gasteiger partial charge in [0.1, 0.15) is 0 Å². The zero-order valence-electron chi connectivity index (χ0n) is 12.4. The highest BCUT2D eigenvalue weighted by molar-refractivity contribution is 4.86. The van der Waals surface area contributed by atoms with Crippen molar-refractivity contribution < 1.29 is 4.74 Å². The minimum absolute atomic E-state index is 0.428. The fourth-order valence-electron chi connectivity index (χ4n) is 3.99. The first-order valence-electron chi connectivity index (χ1n) is 8.37. The van der Waals surface area contributed by atoms with Gasteiger partial charge in [-0.3, -0.25) is 4.90 Å². The molecule has 2 saturated heterocycles. The molecule has 3 heteroatoms. The Hall–Kier alpha value is -0.120. The molecule has 110 valence electrons. The fourth-order valence-corrected chi connectivity index (χ4v) is 3.99. The number of rotatable bonds is 4. The summed E-state index contributed by atoms with van der Waals surface area (Å²) < 4.78 is 5.99. The second-order valence-corrected chi connectivity index (χ2v) is 7.03. The molecule has 2 heterocycles. The summed E-state index contributed by atoms with van der Waals surface area (Å²) in [4.78, 5) is 2.64. The molecule has 19 heavy (non-hydrogen) atoms. The largest absolute Gasteiger partial charge is 0.374 e. The van der Waals surface area contributed by atoms with Gasteiger partial charge in [-0.1, -0.05) is 19.8 Å². The smallest absolute Gasteiger partial charge is 0.0826 e. The van der Waals surface area contributed by atoms with Gasteiger partial charge in [-0.2, -0.15) is 0 Å². The summed E-state index contributed by atoms with van der Waals surface area (Å²) in [6.45, 7) is 8.06. The van der Waals surface area contributed by atoms with Crippen LogP contribution in [0, 0.1) is 11.8 Å². The number of fused-ring (bicyclic) bond motifs is 1. The lowest BCUT2D eigenvalue weighted by molar-refractivity contribution is -0.0472. The van der Waals surface area contributed by atoms with E-state index in [1.807, 2.05) is 0 Å². The van der Waals surface area contributed by atoms with Crippen molar-refractivity contribution in [2.45, 2.75) is 57.6 Å². The van der Waals surface area contributed by atoms with Crippen molar-refractivity contribution in [3.05, 3.63) is 0 Å². The lowest BCUT2D eigenvalue weighted by Gasteiger charge is -2.35. The van der Waals surface area contributed by atoms with E-state index in [-0.39, 0.29) is 0 Å². The molecule has 3 nitrogen and oxygen atoms in total. The van der Waals surface area contributed by atoms with Gasteiger partial charge in [-0.25, -0.2) is 0 Å². The number of morpholine rings is 1. The maximum atomic E-state index is 5.99. The lowest BCUT2D eigenvalue weighted by Crippen LogP contribution is -2.49. The predicted octanol–water partition coefficient (Wildman–Crippen LogP) is 2.27. The van der Waals surface area contributed by atoms with Crippen molar-refractivity contribution in [1.29, 1.82) is 0 Å². The third-order valence-electron chi connectivity index (χ3n) is 5.40. The minimum Gasteiger partial charge on any atom is -0.374 e. The maximum absolute atomic E-state index is 5.99. The molecule has 1 saturated carbocycles. The molecule has 2 atom stereocenters. The average molecular weight is 266 g/mol. The van der Waals surface area contributed by atoms with E-state index in [0.717, 1.165) is 37.6 Å². The van der Waals surface area contributed by atoms with Crippen molar-refractivity contribution in [3.8, 4) is 0 Å². The summed E-state index contributed by atoms with van der Waals surface area (Å²) in [6, 6.07) is 0.732. The molecule has 1 aliphatic carbocycles. The summed E-state index contributed by atoms with van der Waals surface area (Å²) in [5.74, 6) is 1.88. The minimum atomic E-state index is 0.428. The molecular weight excluding hydrogens is 236 g/mol. The van der Waals surface area contributed by atoms with Crippen LogP contribution in [0.1, 0.15) is 45.4 Å². The molecule has 0 radical (unpaired) electrons. The highest BCUT2D eigenvalue weighted by Gasteiger charge is 2.32. The third kappa shape index (κ3) is 3.71. The van der Waals surface area contributed by atoms with E-state index in [9.17, 15) is 0 Å². The van der Waals surface area contributed by atoms with Crippen LogP contribution in [0.25, 0.3) is 0 Å². The summed E-state index contributed by atoms with van der Waals surface area (Å²) in [5.41, 5.74) is 0. The van der Waals surface area contributed by atoms with Crippen molar-refractivity contribution in [2.24, 2.45) is 11.8 Å². The fraction of sp³-hybridized carbons (Fsp3) is 1.00. The molecule has 0 bridgehead atoms. The van der Waals surface area contributed by atoms with E-state index < -0.39 is 0 Å². The van der Waals surface area contributed by atoms with Gasteiger partial charge in [0.15, 0.2) is 0 Å². The van der Waals surface area contributed by atoms with Crippen LogP contribution in [0.2, 0.25) is 0 Å². The van der Waals surface area contributed by atoms with Gasteiger partial charge >= 0.3 is 0 Å². The second kappa shape index (κ2) is 6.55. The second-order valence-electron chi connectivity index (χ2n) is 7.03. The van der Waals surface area contributed by atoms with Crippen molar-refractivity contribution in [2.75, 3.05) is 32.8 Å². The highest BCUT2D eigenvalue weighted by atomic mass is 16.5. The van der Waals surface area contributed by atoms with Gasteiger partial charge in [0.2, 0.25) is 0 Å². The van der Waals surface area contributed by atoms with E-state index in [0.29, 0.717) is 6.10 Å². The Morgan fingerprint density at radius 3 is 2.79 bits per heavy atom. The maximum Gasteiger partial charge on any atom is 0.0826 e. The molecule has 0 aromatic rings. The number of nitrogens with zero attached hydrogens (tertiary/aromatic N) is 1. The first-order chi connectivity index (χ1) is 9.31. The normalized spacial score (nSPS) is 40.3. The molecule has 0 spiro atoms. The summed E-state index contributed by atoms with van der Waals surface area (Å²) >= 11 is 0. The van der Waals surface area contributed by atoms with Gasteiger partial charge in [0, 0.05) is 19.1 Å². The highest BCUT2D eigenvalue weighted by Crippen LogP contribution is 2.27. The Labute approximate surface area is 118 Å². The SMILES string of the molecule is CC1CCC(CNCC2CN3CCCC3CO2)CC1. The van der Waals surface area contributed by atoms with Gasteiger partial charge < -0.3 is 10.1 Å². The van der Waals surface area contributed by atoms with Gasteiger partial charge in [0.25, 0.3) is 0 Å². The Kier molecular flexibility index (Phi) is 4.78. The average Bonchev–Trinajstić information content (AvgIpc) is 2.88. The molecule has 3 fully saturated rings. The van der Waals surface area contributed by atoms with Crippen molar-refractivity contribution in [3.63, 3.8) is 0 Å². The number of ether oxygens (including phenoxy) is 1. The summed E-state index contributed by atoms with van der Waals surface area (Å²) in [7, 11) is 0. The molecule has 3 aliphatic rings. The monoisotopic (exact) mass is 266 g/mol. The van der Waals surface area contributed by atoms with E-state index in [4.69, 9.17) is 4.74 Å². The quantitative estimate of drug-likeness (QED) is 0.845. The zero-order valence-corrected chi connectivity index (χ0v) is 12.4. The standard InChI is InChI=1S/C16H30N2O/c1-13-4-6-14(7-5-13)9-17-10-16-11-18-8-2-3-15(18)12-19-16/h13-17H,2-12H2,1H3. The molecule has 1 N–H and O–H groups in total. The van der Waals surface area contributed by atoms with Crippen LogP contribution in [0.3, 0.4) is 0 Å². The number of hydrogen-bond acceptors (Lipinski definition) is 3. The first-order valence-corrected chi connectivity index (χ1v) is 8.37. The molecule has 2 unspecified atom stereocenters. The lowest BCUT2D eigenvalue weighted by atomic mass is 9.83. The van der Waals surface area contributed by atoms with E-state index in [2.05, 4.69) is 17.1 Å². The van der Waals surface area contributed by atoms with Crippen LogP contribution in [0.5, 0.6) is 0 Å². The number of hydrogen-bond donors (Lipinski definition) is 1. The first kappa shape index (κ1) is 13.8. The van der Waals surface area contributed by atoms with Crippen LogP contribution >= 0.6 is 0 Å². The van der Waals surface area contributed by atoms with Gasteiger partial charge in [0.05, 0.1) is 12.7 Å². The Balaban J connectivity index is 1.32. The van der Waals surface area contributed by atoms with Crippen LogP contribution < -0.4 is 5.32 Å². The summed E-state index contributed by atoms with van der Waals surface area (Å²) in [6.07, 6.45) is 8.86. The van der Waals surface area contributed by atoms with E-state index >= 15 is 0 Å². The van der Waals surface area contributed by atoms with Crippen LogP contribution in [-0.2, 0) is 4.74 Å². The van der Waals surface area contributed by atoms with E-state index in [1.54, 1.807) is 0 Å². The molecule has 3 rings (SSSR count). The molecule has 0 aromatic heterocycles. The summed E-state index contributed by atoms with van der Waals surface area (Å²) in [5, 5.41) is 3.67. The van der Waals surface area contributed by atoms with Crippen molar-refractivity contribution in [1.82, 2.24) is 10.2 Å². The zero-order chi connectivity index (χ0) is 13.1. The molecule has 0 aromatic carbocycles. The Morgan fingerprint density at radius 2 is 1.95 bits per heavy atom. The molecular formula is C16H30N2O. The predicted molar refractivity (Wildman–Crippen MR) is 78.3 cm³/mol. The number of nitrogens with one attached hydrogen (secondary N) is 1. The van der Waals surface area contributed by atoms with Crippen LogP contribution in [-0.4, -0.2) is 49.8 Å². The third-order valence-corrected chi connectivity index (χ3v) is 5.40. The van der Waals surface area contributed by atoms with Crippen molar-refractivity contribution >= 4 is 0 Å². The van der Waals surface area contributed by atoms with E-state index in [1.165, 1.54) is 51.6 Å². The van der Waals surface area contributed by atoms with Crippen LogP contribution in [0.4, 0.5) is 0 Å². The van der Waals surface area contributed by atoms with Gasteiger partial charge in [-0.05, 0) is 50.6 Å². The van der Waals surface area contributed by atoms with Crippen LogP contribution in [0.15, 0.2) is 0 Å². The topological polar surface area (TPSA) is 24.5 Å². The molecule has 0 amide bonds. The Morgan fingerprint density at radius 1 is 1.11 bits per heavy atom. The Bertz CT molecular complexity index is 276. The molecule has 2 aliphatic heterocycles. The van der Waals surface area contributed by atoms with Gasteiger partial charge in [-0.15, -0.1) is 0 Å².